The Morgan fingerprint density at radius 2 is 2.00 bits per heavy atom. The Kier molecular flexibility index (Phi) is 5.69. The summed E-state index contributed by atoms with van der Waals surface area (Å²) < 4.78 is 46.9. The molecule has 0 spiro atoms. The molecule has 0 N–H and O–H groups in total. The number of aryl methyl sites for hydroxylation is 1. The van der Waals surface area contributed by atoms with E-state index in [1.54, 1.807) is 11.9 Å². The number of anilines is 1. The van der Waals surface area contributed by atoms with Crippen molar-refractivity contribution in [2.24, 2.45) is 0 Å². The number of carbonyl (C=O) groups excluding carboxylic acids is 1. The molecule has 1 fully saturated rings. The van der Waals surface area contributed by atoms with Crippen molar-refractivity contribution in [3.63, 3.8) is 0 Å². The molecule has 0 saturated carbocycles. The van der Waals surface area contributed by atoms with E-state index in [-0.39, 0.29) is 29.0 Å². The average Bonchev–Trinajstić information content (AvgIpc) is 2.76. The van der Waals surface area contributed by atoms with Crippen LogP contribution >= 0.6 is 0 Å². The first-order valence-corrected chi connectivity index (χ1v) is 11.6. The summed E-state index contributed by atoms with van der Waals surface area (Å²) in [5.41, 5.74) is 1.77. The fourth-order valence-electron chi connectivity index (χ4n) is 4.24. The lowest BCUT2D eigenvalue weighted by Gasteiger charge is -2.33. The number of amides is 1. The van der Waals surface area contributed by atoms with Gasteiger partial charge in [-0.05, 0) is 44.4 Å². The Labute approximate surface area is 181 Å². The molecule has 8 nitrogen and oxygen atoms in total. The molecule has 31 heavy (non-hydrogen) atoms. The maximum atomic E-state index is 13.8. The summed E-state index contributed by atoms with van der Waals surface area (Å²) in [4.78, 5) is 22.8. The molecule has 1 atom stereocenters. The van der Waals surface area contributed by atoms with E-state index < -0.39 is 15.8 Å². The number of aromatic nitrogens is 2. The van der Waals surface area contributed by atoms with Gasteiger partial charge in [0.15, 0.2) is 0 Å². The third-order valence-electron chi connectivity index (χ3n) is 5.98. The van der Waals surface area contributed by atoms with Gasteiger partial charge in [-0.25, -0.2) is 22.8 Å². The van der Waals surface area contributed by atoms with Crippen LogP contribution in [0.3, 0.4) is 0 Å². The number of carbonyl (C=O) groups is 1. The molecule has 2 aromatic rings. The van der Waals surface area contributed by atoms with Gasteiger partial charge in [0.1, 0.15) is 28.1 Å². The molecule has 1 saturated heterocycles. The number of sulfonamides is 1. The maximum absolute atomic E-state index is 13.8. The summed E-state index contributed by atoms with van der Waals surface area (Å²) in [5.74, 6) is 0.369. The molecule has 0 radical (unpaired) electrons. The summed E-state index contributed by atoms with van der Waals surface area (Å²) in [6, 6.07) is 3.46. The van der Waals surface area contributed by atoms with Gasteiger partial charge in [0.2, 0.25) is 15.9 Å². The lowest BCUT2D eigenvalue weighted by molar-refractivity contribution is -0.118. The summed E-state index contributed by atoms with van der Waals surface area (Å²) >= 11 is 0. The zero-order valence-corrected chi connectivity index (χ0v) is 18.6. The minimum Gasteiger partial charge on any atom is -0.495 e. The number of benzene rings is 1. The molecule has 166 valence electrons. The molecule has 1 amide bonds. The van der Waals surface area contributed by atoms with E-state index in [0.717, 1.165) is 23.7 Å². The molecular formula is C21H25FN4O4S. The largest absolute Gasteiger partial charge is 0.495 e. The van der Waals surface area contributed by atoms with E-state index in [0.29, 0.717) is 37.4 Å². The first-order chi connectivity index (χ1) is 14.7. The van der Waals surface area contributed by atoms with E-state index in [2.05, 4.69) is 9.97 Å². The number of ether oxygens (including phenoxy) is 1. The Bertz CT molecular complexity index is 1140. The Hall–Kier alpha value is -2.59. The lowest BCUT2D eigenvalue weighted by Crippen LogP contribution is -2.40. The summed E-state index contributed by atoms with van der Waals surface area (Å²) in [6.45, 7) is 2.39. The second-order valence-corrected chi connectivity index (χ2v) is 9.83. The zero-order chi connectivity index (χ0) is 22.3. The van der Waals surface area contributed by atoms with Crippen molar-refractivity contribution >= 4 is 21.7 Å². The van der Waals surface area contributed by atoms with Gasteiger partial charge < -0.3 is 4.74 Å². The number of rotatable bonds is 4. The number of methoxy groups -OCH3 is 1. The van der Waals surface area contributed by atoms with Crippen LogP contribution in [0.4, 0.5) is 10.2 Å². The summed E-state index contributed by atoms with van der Waals surface area (Å²) in [5, 5.41) is 0. The minimum absolute atomic E-state index is 0.00241. The van der Waals surface area contributed by atoms with Crippen LogP contribution in [0.2, 0.25) is 0 Å². The van der Waals surface area contributed by atoms with Crippen LogP contribution in [0.1, 0.15) is 42.3 Å². The van der Waals surface area contributed by atoms with Crippen LogP contribution < -0.4 is 9.64 Å². The van der Waals surface area contributed by atoms with Crippen LogP contribution in [0.25, 0.3) is 0 Å². The van der Waals surface area contributed by atoms with Crippen molar-refractivity contribution in [3.8, 4) is 5.75 Å². The first kappa shape index (κ1) is 21.6. The molecule has 2 aliphatic heterocycles. The molecule has 1 aromatic carbocycles. The molecule has 4 rings (SSSR count). The molecule has 0 unspecified atom stereocenters. The Morgan fingerprint density at radius 1 is 1.23 bits per heavy atom. The fraction of sp³-hybridized carbons (Fsp3) is 0.476. The van der Waals surface area contributed by atoms with E-state index >= 15 is 0 Å². The monoisotopic (exact) mass is 448 g/mol. The predicted molar refractivity (Wildman–Crippen MR) is 112 cm³/mol. The molecular weight excluding hydrogens is 423 g/mol. The summed E-state index contributed by atoms with van der Waals surface area (Å²) in [7, 11) is -0.914. The van der Waals surface area contributed by atoms with Crippen molar-refractivity contribution in [1.29, 1.82) is 0 Å². The van der Waals surface area contributed by atoms with E-state index in [4.69, 9.17) is 4.74 Å². The maximum Gasteiger partial charge on any atom is 0.246 e. The third-order valence-corrected chi connectivity index (χ3v) is 7.87. The predicted octanol–water partition coefficient (Wildman–Crippen LogP) is 2.41. The molecule has 1 aromatic heterocycles. The van der Waals surface area contributed by atoms with E-state index in [9.17, 15) is 17.6 Å². The number of hydrogen-bond acceptors (Lipinski definition) is 6. The van der Waals surface area contributed by atoms with E-state index in [1.807, 2.05) is 6.92 Å². The van der Waals surface area contributed by atoms with Crippen molar-refractivity contribution in [3.05, 3.63) is 41.1 Å². The first-order valence-electron chi connectivity index (χ1n) is 10.2. The van der Waals surface area contributed by atoms with Crippen molar-refractivity contribution in [2.45, 2.75) is 43.4 Å². The van der Waals surface area contributed by atoms with Gasteiger partial charge in [0, 0.05) is 43.7 Å². The van der Waals surface area contributed by atoms with Gasteiger partial charge in [-0.15, -0.1) is 0 Å². The molecule has 2 aliphatic rings. The average molecular weight is 449 g/mol. The Balaban J connectivity index is 1.66. The molecule has 3 heterocycles. The third kappa shape index (κ3) is 3.89. The fourth-order valence-corrected chi connectivity index (χ4v) is 5.93. The highest BCUT2D eigenvalue weighted by molar-refractivity contribution is 7.89. The zero-order valence-electron chi connectivity index (χ0n) is 17.8. The van der Waals surface area contributed by atoms with Gasteiger partial charge in [-0.1, -0.05) is 0 Å². The number of hydrogen-bond donors (Lipinski definition) is 0. The van der Waals surface area contributed by atoms with Crippen LogP contribution in [-0.2, 0) is 21.2 Å². The van der Waals surface area contributed by atoms with Gasteiger partial charge >= 0.3 is 0 Å². The second-order valence-electron chi connectivity index (χ2n) is 7.92. The van der Waals surface area contributed by atoms with Gasteiger partial charge in [0.25, 0.3) is 0 Å². The molecule has 0 bridgehead atoms. The van der Waals surface area contributed by atoms with Crippen LogP contribution in [0.5, 0.6) is 5.75 Å². The minimum atomic E-state index is -3.97. The SMILES string of the molecule is COc1ccc(F)cc1S(=O)(=O)N1CCC[C@@H](c2nc(C)c3c(n2)N(C)C(=O)CC3)C1. The number of halogens is 1. The number of piperidine rings is 1. The van der Waals surface area contributed by atoms with Crippen LogP contribution in [0.15, 0.2) is 23.1 Å². The topological polar surface area (TPSA) is 92.7 Å². The van der Waals surface area contributed by atoms with Gasteiger partial charge in [-0.3, -0.25) is 9.69 Å². The number of fused-ring (bicyclic) bond motifs is 1. The highest BCUT2D eigenvalue weighted by Gasteiger charge is 2.35. The summed E-state index contributed by atoms with van der Waals surface area (Å²) in [6.07, 6.45) is 2.38. The van der Waals surface area contributed by atoms with E-state index in [1.165, 1.54) is 23.5 Å². The Morgan fingerprint density at radius 3 is 2.74 bits per heavy atom. The standard InChI is InChI=1S/C21H25FN4O4S/c1-13-16-7-9-19(27)25(2)21(16)24-20(23-13)14-5-4-10-26(12-14)31(28,29)18-11-15(22)6-8-17(18)30-3/h6,8,11,14H,4-5,7,9-10,12H2,1-3H3/t14-/m1/s1. The van der Waals surface area contributed by atoms with Crippen LogP contribution in [0, 0.1) is 12.7 Å². The van der Waals surface area contributed by atoms with Gasteiger partial charge in [-0.2, -0.15) is 4.31 Å². The highest BCUT2D eigenvalue weighted by Crippen LogP contribution is 2.34. The smallest absolute Gasteiger partial charge is 0.246 e. The quantitative estimate of drug-likeness (QED) is 0.713. The van der Waals surface area contributed by atoms with Crippen molar-refractivity contribution < 1.29 is 22.3 Å². The van der Waals surface area contributed by atoms with Crippen LogP contribution in [-0.4, -0.2) is 55.8 Å². The molecule has 0 aliphatic carbocycles. The van der Waals surface area contributed by atoms with Crippen molar-refractivity contribution in [1.82, 2.24) is 14.3 Å². The second kappa shape index (κ2) is 8.16. The lowest BCUT2D eigenvalue weighted by atomic mass is 9.97. The van der Waals surface area contributed by atoms with Gasteiger partial charge in [0.05, 0.1) is 7.11 Å². The highest BCUT2D eigenvalue weighted by atomic mass is 32.2. The van der Waals surface area contributed by atoms with Crippen molar-refractivity contribution in [2.75, 3.05) is 32.1 Å². The normalized spacial score (nSPS) is 19.9. The number of nitrogens with zero attached hydrogens (tertiary/aromatic N) is 4. The molecule has 10 heteroatoms.